The molecule has 1 aliphatic rings. The van der Waals surface area contributed by atoms with Crippen molar-refractivity contribution in [1.82, 2.24) is 0 Å². The smallest absolute Gasteiger partial charge is 0.0991 e. The van der Waals surface area contributed by atoms with Gasteiger partial charge in [0, 0.05) is 0 Å². The highest BCUT2D eigenvalue weighted by atomic mass is 14.3. The number of nitrogens with zero attached hydrogens (tertiary/aromatic N) is 3. The molecule has 3 heteroatoms. The predicted molar refractivity (Wildman–Crippen MR) is 211 cm³/mol. The van der Waals surface area contributed by atoms with E-state index in [2.05, 4.69) is 115 Å². The summed E-state index contributed by atoms with van der Waals surface area (Å²) in [6.45, 7) is 0. The Morgan fingerprint density at radius 1 is 0.269 bits per heavy atom. The summed E-state index contributed by atoms with van der Waals surface area (Å²) in [6.07, 6.45) is 0. The van der Waals surface area contributed by atoms with Crippen molar-refractivity contribution in [1.29, 1.82) is 15.8 Å². The molecule has 0 fully saturated rings. The van der Waals surface area contributed by atoms with Crippen LogP contribution in [0, 0.1) is 34.0 Å². The van der Waals surface area contributed by atoms with Gasteiger partial charge in [0.1, 0.15) is 0 Å². The molecule has 9 aromatic carbocycles. The van der Waals surface area contributed by atoms with E-state index in [1.165, 1.54) is 27.6 Å². The summed E-state index contributed by atoms with van der Waals surface area (Å²) in [7, 11) is 0. The van der Waals surface area contributed by atoms with Crippen molar-refractivity contribution in [3.63, 3.8) is 0 Å². The molecule has 0 bridgehead atoms. The number of benzene rings is 9. The fourth-order valence-electron chi connectivity index (χ4n) is 8.28. The van der Waals surface area contributed by atoms with Crippen LogP contribution in [-0.4, -0.2) is 0 Å². The van der Waals surface area contributed by atoms with Gasteiger partial charge in [0.05, 0.1) is 34.9 Å². The second-order valence-corrected chi connectivity index (χ2v) is 13.4. The van der Waals surface area contributed by atoms with Crippen molar-refractivity contribution in [2.24, 2.45) is 0 Å². The molecule has 0 aromatic heterocycles. The average molecular weight is 656 g/mol. The lowest BCUT2D eigenvalue weighted by Gasteiger charge is -2.17. The summed E-state index contributed by atoms with van der Waals surface area (Å²) in [5, 5.41) is 38.0. The van der Waals surface area contributed by atoms with Gasteiger partial charge in [-0.1, -0.05) is 91.0 Å². The van der Waals surface area contributed by atoms with Crippen LogP contribution in [0.5, 0.6) is 0 Å². The van der Waals surface area contributed by atoms with E-state index in [1.54, 1.807) is 0 Å². The van der Waals surface area contributed by atoms with Crippen LogP contribution in [0.3, 0.4) is 0 Å². The highest BCUT2D eigenvalue weighted by molar-refractivity contribution is 6.27. The molecule has 1 aliphatic carbocycles. The molecule has 0 spiro atoms. The Balaban J connectivity index is 1.31. The van der Waals surface area contributed by atoms with Gasteiger partial charge in [-0.15, -0.1) is 0 Å². The Kier molecular flexibility index (Phi) is 6.37. The number of hydrogen-bond donors (Lipinski definition) is 0. The Morgan fingerprint density at radius 2 is 0.769 bits per heavy atom. The van der Waals surface area contributed by atoms with E-state index in [0.717, 1.165) is 71.1 Å². The van der Waals surface area contributed by atoms with Crippen LogP contribution in [0.25, 0.3) is 98.7 Å². The molecule has 0 atom stereocenters. The minimum Gasteiger partial charge on any atom is -0.192 e. The van der Waals surface area contributed by atoms with Gasteiger partial charge >= 0.3 is 0 Å². The Bertz CT molecular complexity index is 3130. The zero-order valence-corrected chi connectivity index (χ0v) is 27.8. The summed E-state index contributed by atoms with van der Waals surface area (Å²) in [5.74, 6) is 0. The lowest BCUT2D eigenvalue weighted by Crippen LogP contribution is -1.91. The maximum Gasteiger partial charge on any atom is 0.0991 e. The van der Waals surface area contributed by atoms with Gasteiger partial charge in [-0.05, 0) is 159 Å². The molecular weight excluding hydrogens is 631 g/mol. The van der Waals surface area contributed by atoms with Crippen molar-refractivity contribution < 1.29 is 0 Å². The maximum absolute atomic E-state index is 9.62. The van der Waals surface area contributed by atoms with Gasteiger partial charge < -0.3 is 0 Å². The van der Waals surface area contributed by atoms with E-state index in [1.807, 2.05) is 54.6 Å². The second kappa shape index (κ2) is 11.3. The second-order valence-electron chi connectivity index (χ2n) is 13.4. The molecule has 0 saturated heterocycles. The van der Waals surface area contributed by atoms with Gasteiger partial charge in [0.15, 0.2) is 0 Å². The Morgan fingerprint density at radius 3 is 1.44 bits per heavy atom. The summed E-state index contributed by atoms with van der Waals surface area (Å²) in [5.41, 5.74) is 13.2. The molecule has 0 unspecified atom stereocenters. The van der Waals surface area contributed by atoms with Crippen LogP contribution in [0.1, 0.15) is 16.7 Å². The van der Waals surface area contributed by atoms with Crippen molar-refractivity contribution in [3.8, 4) is 73.8 Å². The lowest BCUT2D eigenvalue weighted by molar-refractivity contribution is 1.48. The third kappa shape index (κ3) is 4.30. The van der Waals surface area contributed by atoms with Gasteiger partial charge in [-0.25, -0.2) is 0 Å². The van der Waals surface area contributed by atoms with Gasteiger partial charge in [0.25, 0.3) is 0 Å². The van der Waals surface area contributed by atoms with Crippen molar-refractivity contribution in [2.45, 2.75) is 0 Å². The molecule has 236 valence electrons. The topological polar surface area (TPSA) is 71.4 Å². The molecule has 3 nitrogen and oxygen atoms in total. The van der Waals surface area contributed by atoms with E-state index < -0.39 is 0 Å². The monoisotopic (exact) mass is 655 g/mol. The molecular formula is C49H25N3. The highest BCUT2D eigenvalue weighted by Crippen LogP contribution is 2.52. The minimum absolute atomic E-state index is 0.630. The SMILES string of the molecule is N#Cc1ccc(-c2cc3c4cc5c(cc4c(-c4ccc(C#N)cc4)cc3c3ccccc23)-c2ccc(-c3cccc(C#N)c3)c3cccc-5c23)cc1. The molecule has 0 saturated carbocycles. The van der Waals surface area contributed by atoms with Crippen molar-refractivity contribution >= 4 is 43.1 Å². The fraction of sp³-hybridized carbons (Fsp3) is 0. The number of fused-ring (bicyclic) bond motifs is 8. The summed E-state index contributed by atoms with van der Waals surface area (Å²) >= 11 is 0. The number of nitriles is 3. The highest BCUT2D eigenvalue weighted by Gasteiger charge is 2.25. The van der Waals surface area contributed by atoms with Gasteiger partial charge in [0.2, 0.25) is 0 Å². The first kappa shape index (κ1) is 29.4. The standard InChI is InChI=1S/C49H25N3/c50-26-29-11-15-32(16-12-29)41-22-47-43(37-8-2-1-7-36(37)41)23-42(33-17-13-30(27-51)14-18-33)46-24-45-40-20-19-35(34-6-3-5-31(21-34)28-52)38-9-4-10-39(49(38)40)44(45)25-48(46)47/h1-25H. The van der Waals surface area contributed by atoms with E-state index in [9.17, 15) is 15.8 Å². The van der Waals surface area contributed by atoms with E-state index >= 15 is 0 Å². The molecule has 0 amide bonds. The zero-order valence-electron chi connectivity index (χ0n) is 27.8. The summed E-state index contributed by atoms with van der Waals surface area (Å²) in [4.78, 5) is 0. The summed E-state index contributed by atoms with van der Waals surface area (Å²) < 4.78 is 0. The van der Waals surface area contributed by atoms with Crippen LogP contribution >= 0.6 is 0 Å². The molecule has 10 rings (SSSR count). The molecule has 52 heavy (non-hydrogen) atoms. The van der Waals surface area contributed by atoms with Gasteiger partial charge in [-0.2, -0.15) is 15.8 Å². The molecule has 0 aliphatic heterocycles. The molecule has 0 radical (unpaired) electrons. The third-order valence-corrected chi connectivity index (χ3v) is 10.7. The Hall–Kier alpha value is -7.51. The third-order valence-electron chi connectivity index (χ3n) is 10.7. The van der Waals surface area contributed by atoms with E-state index in [-0.39, 0.29) is 0 Å². The van der Waals surface area contributed by atoms with E-state index in [4.69, 9.17) is 0 Å². The van der Waals surface area contributed by atoms with Gasteiger partial charge in [-0.3, -0.25) is 0 Å². The normalized spacial score (nSPS) is 11.4. The van der Waals surface area contributed by atoms with Crippen LogP contribution in [-0.2, 0) is 0 Å². The number of rotatable bonds is 3. The average Bonchev–Trinajstić information content (AvgIpc) is 3.53. The summed E-state index contributed by atoms with van der Waals surface area (Å²) in [6, 6.07) is 59.3. The van der Waals surface area contributed by atoms with Crippen LogP contribution in [0.2, 0.25) is 0 Å². The number of hydrogen-bond acceptors (Lipinski definition) is 3. The largest absolute Gasteiger partial charge is 0.192 e. The lowest BCUT2D eigenvalue weighted by atomic mass is 9.86. The quantitative estimate of drug-likeness (QED) is 0.178. The fourth-order valence-corrected chi connectivity index (χ4v) is 8.28. The molecule has 9 aromatic rings. The molecule has 0 heterocycles. The predicted octanol–water partition coefficient (Wildman–Crippen LogP) is 12.6. The van der Waals surface area contributed by atoms with Crippen molar-refractivity contribution in [3.05, 3.63) is 168 Å². The first-order valence-electron chi connectivity index (χ1n) is 17.2. The van der Waals surface area contributed by atoms with Crippen LogP contribution in [0.4, 0.5) is 0 Å². The van der Waals surface area contributed by atoms with Crippen molar-refractivity contribution in [2.75, 3.05) is 0 Å². The van der Waals surface area contributed by atoms with Crippen LogP contribution in [0.15, 0.2) is 152 Å². The van der Waals surface area contributed by atoms with E-state index in [0.29, 0.717) is 16.7 Å². The van der Waals surface area contributed by atoms with Crippen LogP contribution < -0.4 is 0 Å². The first-order chi connectivity index (χ1) is 25.6. The minimum atomic E-state index is 0.630. The zero-order chi connectivity index (χ0) is 34.9. The first-order valence-corrected chi connectivity index (χ1v) is 17.2. The maximum atomic E-state index is 9.62. The molecule has 0 N–H and O–H groups in total. The Labute approximate surface area is 300 Å².